The predicted molar refractivity (Wildman–Crippen MR) is 106 cm³/mol. The number of carbonyl (C=O) groups is 1. The van der Waals surface area contributed by atoms with E-state index < -0.39 is 5.82 Å². The maximum absolute atomic E-state index is 13.0. The predicted octanol–water partition coefficient (Wildman–Crippen LogP) is 3.37. The molecule has 0 atom stereocenters. The number of hydrogen-bond acceptors (Lipinski definition) is 2. The molecule has 0 saturated heterocycles. The lowest BCUT2D eigenvalue weighted by Gasteiger charge is -2.07. The second-order valence-electron chi connectivity index (χ2n) is 4.94. The molecule has 128 valence electrons. The summed E-state index contributed by atoms with van der Waals surface area (Å²) in [5.74, 6) is -0.645. The van der Waals surface area contributed by atoms with Gasteiger partial charge < -0.3 is 16.4 Å². The first-order valence-corrected chi connectivity index (χ1v) is 7.28. The van der Waals surface area contributed by atoms with Crippen molar-refractivity contribution in [2.24, 2.45) is 10.7 Å². The zero-order valence-corrected chi connectivity index (χ0v) is 15.6. The van der Waals surface area contributed by atoms with E-state index in [1.54, 1.807) is 6.07 Å². The molecular formula is C17H20FIN4O. The lowest BCUT2D eigenvalue weighted by Crippen LogP contribution is -2.25. The van der Waals surface area contributed by atoms with Crippen LogP contribution in [0.3, 0.4) is 0 Å². The van der Waals surface area contributed by atoms with Gasteiger partial charge in [-0.2, -0.15) is 0 Å². The van der Waals surface area contributed by atoms with E-state index >= 15 is 0 Å². The van der Waals surface area contributed by atoms with Gasteiger partial charge in [-0.1, -0.05) is 25.1 Å². The maximum atomic E-state index is 13.0. The van der Waals surface area contributed by atoms with Gasteiger partial charge in [0.2, 0.25) is 5.91 Å². The van der Waals surface area contributed by atoms with Gasteiger partial charge in [-0.05, 0) is 42.3 Å². The quantitative estimate of drug-likeness (QED) is 0.378. The Labute approximate surface area is 157 Å². The largest absolute Gasteiger partial charge is 0.370 e. The van der Waals surface area contributed by atoms with E-state index in [0.717, 1.165) is 12.1 Å². The molecule has 2 aromatic carbocycles. The summed E-state index contributed by atoms with van der Waals surface area (Å²) in [5.41, 5.74) is 8.15. The van der Waals surface area contributed by atoms with Gasteiger partial charge in [-0.15, -0.1) is 24.0 Å². The molecule has 0 heterocycles. The van der Waals surface area contributed by atoms with Crippen LogP contribution in [0.4, 0.5) is 15.8 Å². The van der Waals surface area contributed by atoms with Crippen LogP contribution in [0.15, 0.2) is 53.5 Å². The molecule has 1 amide bonds. The molecule has 0 fully saturated rings. The van der Waals surface area contributed by atoms with Crippen LogP contribution in [-0.4, -0.2) is 18.4 Å². The van der Waals surface area contributed by atoms with Gasteiger partial charge in [-0.3, -0.25) is 4.79 Å². The first kappa shape index (κ1) is 19.9. The lowest BCUT2D eigenvalue weighted by molar-refractivity contribution is -0.114. The number of aryl methyl sites for hydroxylation is 1. The number of benzene rings is 2. The minimum absolute atomic E-state index is 0. The summed E-state index contributed by atoms with van der Waals surface area (Å²) in [6.45, 7) is 1.93. The molecule has 0 unspecified atom stereocenters. The number of guanidine groups is 1. The normalized spacial score (nSPS) is 10.7. The van der Waals surface area contributed by atoms with Gasteiger partial charge in [0.05, 0.1) is 0 Å². The summed E-state index contributed by atoms with van der Waals surface area (Å²) in [6, 6.07) is 13.4. The minimum Gasteiger partial charge on any atom is -0.370 e. The Hall–Kier alpha value is -2.16. The number of amides is 1. The Bertz CT molecular complexity index is 704. The molecule has 2 aromatic rings. The highest BCUT2D eigenvalue weighted by Crippen LogP contribution is 2.10. The highest BCUT2D eigenvalue weighted by atomic mass is 127. The first-order valence-electron chi connectivity index (χ1n) is 7.28. The van der Waals surface area contributed by atoms with Gasteiger partial charge in [0.15, 0.2) is 5.96 Å². The van der Waals surface area contributed by atoms with Crippen LogP contribution < -0.4 is 16.4 Å². The highest BCUT2D eigenvalue weighted by molar-refractivity contribution is 14.0. The van der Waals surface area contributed by atoms with Crippen molar-refractivity contribution in [2.75, 3.05) is 17.2 Å². The lowest BCUT2D eigenvalue weighted by atomic mass is 10.1. The SMILES string of the molecule is CCc1ccc(NC(N)=NCC(=O)Nc2cccc(F)c2)cc1.I. The van der Waals surface area contributed by atoms with E-state index in [1.807, 2.05) is 24.3 Å². The van der Waals surface area contributed by atoms with Crippen LogP contribution >= 0.6 is 24.0 Å². The fraction of sp³-hybridized carbons (Fsp3) is 0.176. The summed E-state index contributed by atoms with van der Waals surface area (Å²) in [7, 11) is 0. The number of nitrogens with one attached hydrogen (secondary N) is 2. The van der Waals surface area contributed by atoms with Crippen LogP contribution in [0.1, 0.15) is 12.5 Å². The van der Waals surface area contributed by atoms with Gasteiger partial charge in [0.25, 0.3) is 0 Å². The number of anilines is 2. The number of halogens is 2. The topological polar surface area (TPSA) is 79.5 Å². The number of nitrogens with two attached hydrogens (primary N) is 1. The smallest absolute Gasteiger partial charge is 0.246 e. The number of nitrogens with zero attached hydrogens (tertiary/aromatic N) is 1. The molecule has 0 aliphatic rings. The molecule has 0 bridgehead atoms. The Morgan fingerprint density at radius 2 is 1.83 bits per heavy atom. The van der Waals surface area contributed by atoms with Crippen LogP contribution in [0.2, 0.25) is 0 Å². The van der Waals surface area contributed by atoms with E-state index in [2.05, 4.69) is 22.5 Å². The number of carbonyl (C=O) groups excluding carboxylic acids is 1. The zero-order valence-electron chi connectivity index (χ0n) is 13.3. The minimum atomic E-state index is -0.414. The number of rotatable bonds is 5. The van der Waals surface area contributed by atoms with Crippen molar-refractivity contribution in [1.82, 2.24) is 0 Å². The molecule has 0 saturated carbocycles. The fourth-order valence-corrected chi connectivity index (χ4v) is 1.93. The molecule has 5 nitrogen and oxygen atoms in total. The Morgan fingerprint density at radius 1 is 1.12 bits per heavy atom. The first-order chi connectivity index (χ1) is 11.1. The molecule has 0 aliphatic carbocycles. The van der Waals surface area contributed by atoms with E-state index in [-0.39, 0.29) is 42.4 Å². The summed E-state index contributed by atoms with van der Waals surface area (Å²) < 4.78 is 13.0. The van der Waals surface area contributed by atoms with Crippen molar-refractivity contribution in [3.63, 3.8) is 0 Å². The molecule has 0 aliphatic heterocycles. The van der Waals surface area contributed by atoms with Gasteiger partial charge in [0, 0.05) is 11.4 Å². The average Bonchev–Trinajstić information content (AvgIpc) is 2.54. The number of hydrogen-bond donors (Lipinski definition) is 3. The van der Waals surface area contributed by atoms with Crippen molar-refractivity contribution in [3.05, 3.63) is 59.9 Å². The van der Waals surface area contributed by atoms with Crippen molar-refractivity contribution in [1.29, 1.82) is 0 Å². The second-order valence-corrected chi connectivity index (χ2v) is 4.94. The third-order valence-electron chi connectivity index (χ3n) is 3.14. The molecule has 0 radical (unpaired) electrons. The summed E-state index contributed by atoms with van der Waals surface area (Å²) in [6.07, 6.45) is 0.962. The van der Waals surface area contributed by atoms with Crippen molar-refractivity contribution >= 4 is 47.2 Å². The van der Waals surface area contributed by atoms with Crippen LogP contribution in [0.5, 0.6) is 0 Å². The van der Waals surface area contributed by atoms with E-state index in [4.69, 9.17) is 5.73 Å². The average molecular weight is 442 g/mol. The molecule has 24 heavy (non-hydrogen) atoms. The van der Waals surface area contributed by atoms with Crippen LogP contribution in [0.25, 0.3) is 0 Å². The monoisotopic (exact) mass is 442 g/mol. The molecule has 2 rings (SSSR count). The van der Waals surface area contributed by atoms with Gasteiger partial charge in [-0.25, -0.2) is 9.38 Å². The molecule has 7 heteroatoms. The Kier molecular flexibility index (Phi) is 8.17. The zero-order chi connectivity index (χ0) is 16.7. The summed E-state index contributed by atoms with van der Waals surface area (Å²) in [5, 5.41) is 5.46. The standard InChI is InChI=1S/C17H19FN4O.HI/c1-2-12-6-8-14(9-7-12)22-17(19)20-11-16(23)21-15-5-3-4-13(18)10-15;/h3-10H,2,11H2,1H3,(H,21,23)(H3,19,20,22);1H. The summed E-state index contributed by atoms with van der Waals surface area (Å²) in [4.78, 5) is 15.7. The van der Waals surface area contributed by atoms with Crippen molar-refractivity contribution in [2.45, 2.75) is 13.3 Å². The third kappa shape index (κ3) is 6.53. The molecule has 0 spiro atoms. The maximum Gasteiger partial charge on any atom is 0.246 e. The highest BCUT2D eigenvalue weighted by Gasteiger charge is 2.03. The van der Waals surface area contributed by atoms with E-state index in [9.17, 15) is 9.18 Å². The molecular weight excluding hydrogens is 422 g/mol. The molecule has 0 aromatic heterocycles. The van der Waals surface area contributed by atoms with Gasteiger partial charge in [0.1, 0.15) is 12.4 Å². The summed E-state index contributed by atoms with van der Waals surface area (Å²) >= 11 is 0. The molecule has 4 N–H and O–H groups in total. The Balaban J connectivity index is 0.00000288. The van der Waals surface area contributed by atoms with Gasteiger partial charge >= 0.3 is 0 Å². The third-order valence-corrected chi connectivity index (χ3v) is 3.14. The van der Waals surface area contributed by atoms with E-state index in [0.29, 0.717) is 5.69 Å². The number of aliphatic imine (C=N–C) groups is 1. The van der Waals surface area contributed by atoms with Crippen molar-refractivity contribution in [3.8, 4) is 0 Å². The Morgan fingerprint density at radius 3 is 2.46 bits per heavy atom. The van der Waals surface area contributed by atoms with Crippen LogP contribution in [0, 0.1) is 5.82 Å². The fourth-order valence-electron chi connectivity index (χ4n) is 1.93. The van der Waals surface area contributed by atoms with Crippen LogP contribution in [-0.2, 0) is 11.2 Å². The van der Waals surface area contributed by atoms with E-state index in [1.165, 1.54) is 23.8 Å². The van der Waals surface area contributed by atoms with Crippen molar-refractivity contribution < 1.29 is 9.18 Å². The second kappa shape index (κ2) is 9.86.